The predicted octanol–water partition coefficient (Wildman–Crippen LogP) is 3.73. The molecule has 0 radical (unpaired) electrons. The molecule has 1 saturated carbocycles. The highest BCUT2D eigenvalue weighted by Gasteiger charge is 2.17. The van der Waals surface area contributed by atoms with Crippen LogP contribution >= 0.6 is 0 Å². The van der Waals surface area contributed by atoms with Gasteiger partial charge in [-0.3, -0.25) is 0 Å². The van der Waals surface area contributed by atoms with Crippen molar-refractivity contribution >= 4 is 0 Å². The zero-order chi connectivity index (χ0) is 10.4. The van der Waals surface area contributed by atoms with Gasteiger partial charge in [0.25, 0.3) is 0 Å². The van der Waals surface area contributed by atoms with Crippen molar-refractivity contribution in [1.82, 2.24) is 5.32 Å². The summed E-state index contributed by atoms with van der Waals surface area (Å²) in [5.41, 5.74) is 0. The molecule has 1 fully saturated rings. The van der Waals surface area contributed by atoms with Crippen LogP contribution in [0.25, 0.3) is 0 Å². The molecule has 1 aliphatic rings. The summed E-state index contributed by atoms with van der Waals surface area (Å²) in [6.45, 7) is 6.96. The molecule has 0 aromatic rings. The molecule has 1 heteroatoms. The average Bonchev–Trinajstić information content (AvgIpc) is 2.41. The molecule has 1 unspecified atom stereocenters. The highest BCUT2D eigenvalue weighted by Crippen LogP contribution is 2.19. The molecule has 84 valence electrons. The molecule has 1 rings (SSSR count). The van der Waals surface area contributed by atoms with Crippen molar-refractivity contribution in [2.45, 2.75) is 77.8 Å². The van der Waals surface area contributed by atoms with Crippen LogP contribution in [-0.2, 0) is 0 Å². The Morgan fingerprint density at radius 3 is 2.07 bits per heavy atom. The first-order valence-corrected chi connectivity index (χ1v) is 6.50. The summed E-state index contributed by atoms with van der Waals surface area (Å²) >= 11 is 0. The first-order chi connectivity index (χ1) is 6.74. The first-order valence-electron chi connectivity index (χ1n) is 6.50. The van der Waals surface area contributed by atoms with Crippen molar-refractivity contribution < 1.29 is 0 Å². The van der Waals surface area contributed by atoms with E-state index in [4.69, 9.17) is 0 Å². The lowest BCUT2D eigenvalue weighted by molar-refractivity contribution is 0.324. The van der Waals surface area contributed by atoms with Crippen LogP contribution in [0.5, 0.6) is 0 Å². The summed E-state index contributed by atoms with van der Waals surface area (Å²) in [7, 11) is 0. The first kappa shape index (κ1) is 12.0. The molecule has 0 spiro atoms. The molecule has 1 atom stereocenters. The van der Waals surface area contributed by atoms with Crippen LogP contribution in [0.1, 0.15) is 65.7 Å². The van der Waals surface area contributed by atoms with Crippen LogP contribution in [0.4, 0.5) is 0 Å². The summed E-state index contributed by atoms with van der Waals surface area (Å²) in [6.07, 6.45) is 9.87. The Bertz CT molecular complexity index is 134. The van der Waals surface area contributed by atoms with Gasteiger partial charge in [-0.25, -0.2) is 0 Å². The lowest BCUT2D eigenvalue weighted by Crippen LogP contribution is -2.40. The van der Waals surface area contributed by atoms with Crippen molar-refractivity contribution in [3.05, 3.63) is 0 Å². The number of hydrogen-bond donors (Lipinski definition) is 1. The standard InChI is InChI=1S/C13H27N/c1-4-13(11(2)3)14-12-9-7-5-6-8-10-12/h11-14H,4-10H2,1-3H3. The Hall–Kier alpha value is -0.0400. The van der Waals surface area contributed by atoms with Crippen LogP contribution in [0.2, 0.25) is 0 Å². The molecule has 1 nitrogen and oxygen atoms in total. The molecule has 0 heterocycles. The number of nitrogens with one attached hydrogen (secondary N) is 1. The molecule has 0 aliphatic heterocycles. The van der Waals surface area contributed by atoms with E-state index in [0.29, 0.717) is 0 Å². The maximum Gasteiger partial charge on any atom is 0.00900 e. The molecule has 0 aromatic heterocycles. The van der Waals surface area contributed by atoms with E-state index in [2.05, 4.69) is 26.1 Å². The maximum absolute atomic E-state index is 3.85. The van der Waals surface area contributed by atoms with Crippen LogP contribution < -0.4 is 5.32 Å². The van der Waals surface area contributed by atoms with Crippen molar-refractivity contribution in [3.63, 3.8) is 0 Å². The van der Waals surface area contributed by atoms with E-state index in [1.54, 1.807) is 0 Å². The van der Waals surface area contributed by atoms with E-state index in [1.165, 1.54) is 44.9 Å². The fourth-order valence-electron chi connectivity index (χ4n) is 2.53. The molecule has 1 aliphatic carbocycles. The van der Waals surface area contributed by atoms with Crippen LogP contribution in [-0.4, -0.2) is 12.1 Å². The average molecular weight is 197 g/mol. The number of hydrogen-bond acceptors (Lipinski definition) is 1. The summed E-state index contributed by atoms with van der Waals surface area (Å²) in [4.78, 5) is 0. The Morgan fingerprint density at radius 1 is 1.07 bits per heavy atom. The summed E-state index contributed by atoms with van der Waals surface area (Å²) in [5, 5.41) is 3.85. The number of rotatable bonds is 4. The molecular weight excluding hydrogens is 170 g/mol. The summed E-state index contributed by atoms with van der Waals surface area (Å²) in [5.74, 6) is 0.781. The minimum absolute atomic E-state index is 0.734. The van der Waals surface area contributed by atoms with Crippen molar-refractivity contribution in [3.8, 4) is 0 Å². The van der Waals surface area contributed by atoms with E-state index in [1.807, 2.05) is 0 Å². The van der Waals surface area contributed by atoms with E-state index in [9.17, 15) is 0 Å². The van der Waals surface area contributed by atoms with Gasteiger partial charge in [-0.05, 0) is 25.2 Å². The zero-order valence-corrected chi connectivity index (χ0v) is 10.2. The quantitative estimate of drug-likeness (QED) is 0.677. The van der Waals surface area contributed by atoms with E-state index < -0.39 is 0 Å². The SMILES string of the molecule is CCC(NC1CCCCCC1)C(C)C. The fraction of sp³-hybridized carbons (Fsp3) is 1.00. The Balaban J connectivity index is 2.32. The Kier molecular flexibility index (Phi) is 5.54. The van der Waals surface area contributed by atoms with E-state index in [-0.39, 0.29) is 0 Å². The van der Waals surface area contributed by atoms with Gasteiger partial charge < -0.3 is 5.32 Å². The monoisotopic (exact) mass is 197 g/mol. The minimum Gasteiger partial charge on any atom is -0.311 e. The zero-order valence-electron chi connectivity index (χ0n) is 10.2. The second-order valence-corrected chi connectivity index (χ2v) is 5.11. The van der Waals surface area contributed by atoms with Gasteiger partial charge in [0.05, 0.1) is 0 Å². The summed E-state index contributed by atoms with van der Waals surface area (Å²) in [6, 6.07) is 1.54. The minimum atomic E-state index is 0.734. The molecular formula is C13H27N. The lowest BCUT2D eigenvalue weighted by atomic mass is 9.99. The molecule has 0 bridgehead atoms. The third-order valence-corrected chi connectivity index (χ3v) is 3.55. The van der Waals surface area contributed by atoms with Crippen LogP contribution in [0.3, 0.4) is 0 Å². The fourth-order valence-corrected chi connectivity index (χ4v) is 2.53. The van der Waals surface area contributed by atoms with Crippen molar-refractivity contribution in [2.75, 3.05) is 0 Å². The molecule has 14 heavy (non-hydrogen) atoms. The van der Waals surface area contributed by atoms with Crippen molar-refractivity contribution in [1.29, 1.82) is 0 Å². The maximum atomic E-state index is 3.85. The van der Waals surface area contributed by atoms with Gasteiger partial charge >= 0.3 is 0 Å². The third kappa shape index (κ3) is 4.00. The van der Waals surface area contributed by atoms with Gasteiger partial charge in [-0.1, -0.05) is 46.5 Å². The lowest BCUT2D eigenvalue weighted by Gasteiger charge is -2.26. The predicted molar refractivity (Wildman–Crippen MR) is 63.5 cm³/mol. The molecule has 0 saturated heterocycles. The van der Waals surface area contributed by atoms with Gasteiger partial charge in [0, 0.05) is 12.1 Å². The Labute approximate surface area is 89.7 Å². The van der Waals surface area contributed by atoms with Crippen molar-refractivity contribution in [2.24, 2.45) is 5.92 Å². The topological polar surface area (TPSA) is 12.0 Å². The second-order valence-electron chi connectivity index (χ2n) is 5.11. The van der Waals surface area contributed by atoms with Gasteiger partial charge in [0.15, 0.2) is 0 Å². The smallest absolute Gasteiger partial charge is 0.00900 e. The highest BCUT2D eigenvalue weighted by atomic mass is 15.0. The highest BCUT2D eigenvalue weighted by molar-refractivity contribution is 4.77. The van der Waals surface area contributed by atoms with E-state index in [0.717, 1.165) is 18.0 Å². The Morgan fingerprint density at radius 2 is 1.64 bits per heavy atom. The van der Waals surface area contributed by atoms with Gasteiger partial charge in [0.2, 0.25) is 0 Å². The normalized spacial score (nSPS) is 22.3. The molecule has 0 amide bonds. The largest absolute Gasteiger partial charge is 0.311 e. The van der Waals surface area contributed by atoms with Crippen LogP contribution in [0.15, 0.2) is 0 Å². The molecule has 0 aromatic carbocycles. The van der Waals surface area contributed by atoms with Gasteiger partial charge in [0.1, 0.15) is 0 Å². The molecule has 1 N–H and O–H groups in total. The summed E-state index contributed by atoms with van der Waals surface area (Å²) < 4.78 is 0. The second kappa shape index (κ2) is 6.44. The van der Waals surface area contributed by atoms with Crippen LogP contribution in [0, 0.1) is 5.92 Å². The van der Waals surface area contributed by atoms with E-state index >= 15 is 0 Å². The van der Waals surface area contributed by atoms with Gasteiger partial charge in [-0.2, -0.15) is 0 Å². The van der Waals surface area contributed by atoms with Gasteiger partial charge in [-0.15, -0.1) is 0 Å². The third-order valence-electron chi connectivity index (χ3n) is 3.55.